The molecule has 0 atom stereocenters. The normalized spacial score (nSPS) is 14.2. The van der Waals surface area contributed by atoms with Crippen LogP contribution in [0.2, 0.25) is 0 Å². The van der Waals surface area contributed by atoms with E-state index < -0.39 is 0 Å². The first-order valence-electron chi connectivity index (χ1n) is 7.60. The number of hydrogen-bond acceptors (Lipinski definition) is 3. The summed E-state index contributed by atoms with van der Waals surface area (Å²) in [6, 6.07) is 10.6. The molecule has 118 valence electrons. The van der Waals surface area contributed by atoms with E-state index in [1.54, 1.807) is 23.5 Å². The summed E-state index contributed by atoms with van der Waals surface area (Å²) in [6.45, 7) is 0.938. The average Bonchev–Trinajstić information content (AvgIpc) is 3.04. The number of thiophene rings is 1. The largest absolute Gasteiger partial charge is 0.370 e. The van der Waals surface area contributed by atoms with Crippen LogP contribution in [-0.4, -0.2) is 16.3 Å². The van der Waals surface area contributed by atoms with Gasteiger partial charge in [-0.1, -0.05) is 0 Å². The van der Waals surface area contributed by atoms with Crippen LogP contribution in [0.3, 0.4) is 0 Å². The summed E-state index contributed by atoms with van der Waals surface area (Å²) >= 11 is 5.21. The van der Waals surface area contributed by atoms with Crippen LogP contribution >= 0.6 is 27.3 Å². The first-order valence-corrected chi connectivity index (χ1v) is 9.21. The molecular weight excluding hydrogens is 377 g/mol. The summed E-state index contributed by atoms with van der Waals surface area (Å²) in [5, 5.41) is 8.34. The maximum atomic E-state index is 13.2. The zero-order chi connectivity index (χ0) is 15.8. The smallest absolute Gasteiger partial charge is 0.133 e. The monoisotopic (exact) mass is 391 g/mol. The number of nitrogens with one attached hydrogen (secondary N) is 1. The SMILES string of the molecule is Fc1ccc(-n2nc(-c3ccc(Br)s3)c3c2NCCCC3)cc1. The van der Waals surface area contributed by atoms with Crippen LogP contribution in [0.15, 0.2) is 40.2 Å². The first kappa shape index (κ1) is 14.9. The summed E-state index contributed by atoms with van der Waals surface area (Å²) in [6.07, 6.45) is 3.30. The van der Waals surface area contributed by atoms with E-state index in [4.69, 9.17) is 5.10 Å². The fourth-order valence-corrected chi connectivity index (χ4v) is 4.31. The van der Waals surface area contributed by atoms with Gasteiger partial charge in [0.2, 0.25) is 0 Å². The highest BCUT2D eigenvalue weighted by Crippen LogP contribution is 2.38. The lowest BCUT2D eigenvalue weighted by Gasteiger charge is -2.09. The molecule has 0 bridgehead atoms. The molecule has 0 saturated carbocycles. The summed E-state index contributed by atoms with van der Waals surface area (Å²) in [7, 11) is 0. The van der Waals surface area contributed by atoms with Crippen LogP contribution in [-0.2, 0) is 6.42 Å². The minimum absolute atomic E-state index is 0.234. The predicted molar refractivity (Wildman–Crippen MR) is 96.0 cm³/mol. The molecule has 0 fully saturated rings. The van der Waals surface area contributed by atoms with Crippen molar-refractivity contribution >= 4 is 33.1 Å². The zero-order valence-corrected chi connectivity index (χ0v) is 14.8. The number of aromatic nitrogens is 2. The van der Waals surface area contributed by atoms with Crippen LogP contribution in [0.25, 0.3) is 16.3 Å². The van der Waals surface area contributed by atoms with Crippen LogP contribution in [0.1, 0.15) is 18.4 Å². The van der Waals surface area contributed by atoms with E-state index in [2.05, 4.69) is 27.3 Å². The van der Waals surface area contributed by atoms with Crippen LogP contribution in [0.4, 0.5) is 10.2 Å². The van der Waals surface area contributed by atoms with Gasteiger partial charge in [0.25, 0.3) is 0 Å². The van der Waals surface area contributed by atoms with Crippen LogP contribution in [0, 0.1) is 5.82 Å². The van der Waals surface area contributed by atoms with Gasteiger partial charge in [0.1, 0.15) is 17.3 Å². The van der Waals surface area contributed by atoms with E-state index in [0.717, 1.165) is 51.7 Å². The third-order valence-corrected chi connectivity index (χ3v) is 5.64. The molecule has 3 aromatic rings. The Hall–Kier alpha value is -1.66. The molecule has 0 saturated heterocycles. The number of hydrogen-bond donors (Lipinski definition) is 1. The molecule has 1 aliphatic heterocycles. The third kappa shape index (κ3) is 2.81. The molecule has 6 heteroatoms. The van der Waals surface area contributed by atoms with Crippen LogP contribution in [0.5, 0.6) is 0 Å². The molecule has 0 unspecified atom stereocenters. The Morgan fingerprint density at radius 3 is 2.70 bits per heavy atom. The lowest BCUT2D eigenvalue weighted by atomic mass is 10.1. The Morgan fingerprint density at radius 2 is 1.96 bits per heavy atom. The lowest BCUT2D eigenvalue weighted by Crippen LogP contribution is -2.07. The molecule has 3 heterocycles. The Morgan fingerprint density at radius 1 is 1.13 bits per heavy atom. The number of nitrogens with zero attached hydrogens (tertiary/aromatic N) is 2. The van der Waals surface area contributed by atoms with Crippen molar-refractivity contribution in [2.24, 2.45) is 0 Å². The quantitative estimate of drug-likeness (QED) is 0.646. The van der Waals surface area contributed by atoms with E-state index in [0.29, 0.717) is 0 Å². The maximum Gasteiger partial charge on any atom is 0.133 e. The van der Waals surface area contributed by atoms with Gasteiger partial charge in [-0.2, -0.15) is 5.10 Å². The number of anilines is 1. The number of fused-ring (bicyclic) bond motifs is 1. The van der Waals surface area contributed by atoms with Gasteiger partial charge in [0, 0.05) is 12.1 Å². The van der Waals surface area contributed by atoms with Crippen molar-refractivity contribution in [2.75, 3.05) is 11.9 Å². The van der Waals surface area contributed by atoms with E-state index >= 15 is 0 Å². The highest BCUT2D eigenvalue weighted by molar-refractivity contribution is 9.11. The zero-order valence-electron chi connectivity index (χ0n) is 12.4. The lowest BCUT2D eigenvalue weighted by molar-refractivity contribution is 0.627. The molecule has 0 amide bonds. The van der Waals surface area contributed by atoms with Gasteiger partial charge >= 0.3 is 0 Å². The highest BCUT2D eigenvalue weighted by atomic mass is 79.9. The summed E-state index contributed by atoms with van der Waals surface area (Å²) in [4.78, 5) is 1.15. The first-order chi connectivity index (χ1) is 11.2. The molecule has 2 aromatic heterocycles. The van der Waals surface area contributed by atoms with Gasteiger partial charge in [0.15, 0.2) is 0 Å². The van der Waals surface area contributed by atoms with E-state index in [-0.39, 0.29) is 5.82 Å². The second kappa shape index (κ2) is 6.09. The van der Waals surface area contributed by atoms with Crippen molar-refractivity contribution in [1.29, 1.82) is 0 Å². The molecule has 1 aliphatic rings. The van der Waals surface area contributed by atoms with Crippen molar-refractivity contribution in [1.82, 2.24) is 9.78 Å². The second-order valence-electron chi connectivity index (χ2n) is 5.55. The van der Waals surface area contributed by atoms with E-state index in [1.165, 1.54) is 17.7 Å². The molecule has 1 aromatic carbocycles. The van der Waals surface area contributed by atoms with Crippen molar-refractivity contribution in [2.45, 2.75) is 19.3 Å². The third-order valence-electron chi connectivity index (χ3n) is 4.01. The van der Waals surface area contributed by atoms with Gasteiger partial charge in [-0.05, 0) is 71.6 Å². The topological polar surface area (TPSA) is 29.9 Å². The minimum atomic E-state index is -0.234. The Bertz CT molecular complexity index is 838. The molecule has 0 radical (unpaired) electrons. The van der Waals surface area contributed by atoms with Crippen molar-refractivity contribution in [3.05, 3.63) is 51.6 Å². The van der Waals surface area contributed by atoms with Gasteiger partial charge in [-0.15, -0.1) is 11.3 Å². The molecule has 1 N–H and O–H groups in total. The molecule has 4 rings (SSSR count). The number of rotatable bonds is 2. The summed E-state index contributed by atoms with van der Waals surface area (Å²) in [5.41, 5.74) is 3.15. The van der Waals surface area contributed by atoms with Crippen LogP contribution < -0.4 is 5.32 Å². The standard InChI is InChI=1S/C17H15BrFN3S/c18-15-9-8-14(23-15)16-13-3-1-2-10-20-17(13)22(21-16)12-6-4-11(19)5-7-12/h4-9,20H,1-3,10H2. The van der Waals surface area contributed by atoms with Gasteiger partial charge in [-0.25, -0.2) is 9.07 Å². The molecular formula is C17H15BrFN3S. The molecule has 0 spiro atoms. The van der Waals surface area contributed by atoms with E-state index in [1.807, 2.05) is 10.7 Å². The number of benzene rings is 1. The van der Waals surface area contributed by atoms with Crippen molar-refractivity contribution in [3.8, 4) is 16.3 Å². The van der Waals surface area contributed by atoms with Crippen molar-refractivity contribution < 1.29 is 4.39 Å². The number of halogens is 2. The van der Waals surface area contributed by atoms with Gasteiger partial charge < -0.3 is 5.32 Å². The van der Waals surface area contributed by atoms with Crippen molar-refractivity contribution in [3.63, 3.8) is 0 Å². The fourth-order valence-electron chi connectivity index (χ4n) is 2.91. The van der Waals surface area contributed by atoms with Gasteiger partial charge in [-0.3, -0.25) is 0 Å². The Labute approximate surface area is 146 Å². The molecule has 23 heavy (non-hydrogen) atoms. The summed E-state index contributed by atoms with van der Waals surface area (Å²) in [5.74, 6) is 0.802. The molecule has 0 aliphatic carbocycles. The maximum absolute atomic E-state index is 13.2. The second-order valence-corrected chi connectivity index (χ2v) is 8.01. The average molecular weight is 392 g/mol. The van der Waals surface area contributed by atoms with E-state index in [9.17, 15) is 4.39 Å². The molecule has 3 nitrogen and oxygen atoms in total. The Kier molecular flexibility index (Phi) is 3.95. The predicted octanol–water partition coefficient (Wildman–Crippen LogP) is 5.25. The minimum Gasteiger partial charge on any atom is -0.370 e. The Balaban J connectivity index is 1.89. The highest BCUT2D eigenvalue weighted by Gasteiger charge is 2.22. The summed E-state index contributed by atoms with van der Waals surface area (Å²) < 4.78 is 16.2. The van der Waals surface area contributed by atoms with Gasteiger partial charge in [0.05, 0.1) is 14.4 Å². The fraction of sp³-hybridized carbons (Fsp3) is 0.235.